The second-order valence-electron chi connectivity index (χ2n) is 6.90. The molecule has 0 fully saturated rings. The van der Waals surface area contributed by atoms with Crippen molar-refractivity contribution in [3.8, 4) is 5.75 Å². The molecule has 5 rings (SSSR count). The number of benzene rings is 3. The summed E-state index contributed by atoms with van der Waals surface area (Å²) in [4.78, 5) is 22.1. The second-order valence-corrected chi connectivity index (χ2v) is 6.90. The van der Waals surface area contributed by atoms with Gasteiger partial charge in [0.2, 0.25) is 5.91 Å². The molecule has 142 valence electrons. The lowest BCUT2D eigenvalue weighted by Gasteiger charge is -2.08. The summed E-state index contributed by atoms with van der Waals surface area (Å²) in [7, 11) is 0. The molecule has 0 atom stereocenters. The third kappa shape index (κ3) is 3.14. The fraction of sp³-hybridized carbons (Fsp3) is 0.0870. The highest BCUT2D eigenvalue weighted by Crippen LogP contribution is 2.28. The summed E-state index contributed by atoms with van der Waals surface area (Å²) in [5.41, 5.74) is 4.97. The zero-order valence-electron chi connectivity index (χ0n) is 15.5. The van der Waals surface area contributed by atoms with Gasteiger partial charge in [-0.25, -0.2) is 9.97 Å². The SMILES string of the molecule is O=C(CCn1c2ccccc2c2nc3ccccc3nc21)Nc1ccc(O)cc1. The number of aryl methyl sites for hydroxylation is 1. The van der Waals surface area contributed by atoms with Crippen LogP contribution in [0.1, 0.15) is 6.42 Å². The highest BCUT2D eigenvalue weighted by Gasteiger charge is 2.15. The monoisotopic (exact) mass is 382 g/mol. The lowest BCUT2D eigenvalue weighted by Crippen LogP contribution is -2.14. The average Bonchev–Trinajstić information content (AvgIpc) is 3.05. The van der Waals surface area contributed by atoms with Crippen LogP contribution in [0.4, 0.5) is 5.69 Å². The van der Waals surface area contributed by atoms with Crippen LogP contribution in [0.2, 0.25) is 0 Å². The number of hydrogen-bond donors (Lipinski definition) is 2. The second kappa shape index (κ2) is 6.91. The van der Waals surface area contributed by atoms with Gasteiger partial charge in [-0.15, -0.1) is 0 Å². The maximum atomic E-state index is 12.5. The summed E-state index contributed by atoms with van der Waals surface area (Å²) in [6.07, 6.45) is 0.295. The molecule has 29 heavy (non-hydrogen) atoms. The number of carbonyl (C=O) groups is 1. The first-order chi connectivity index (χ1) is 14.2. The van der Waals surface area contributed by atoms with Crippen molar-refractivity contribution < 1.29 is 9.90 Å². The number of carbonyl (C=O) groups excluding carboxylic acids is 1. The Morgan fingerprint density at radius 3 is 2.38 bits per heavy atom. The molecule has 3 aromatic carbocycles. The van der Waals surface area contributed by atoms with Gasteiger partial charge in [-0.05, 0) is 42.5 Å². The summed E-state index contributed by atoms with van der Waals surface area (Å²) < 4.78 is 2.06. The molecular formula is C23H18N4O2. The van der Waals surface area contributed by atoms with E-state index in [9.17, 15) is 9.90 Å². The van der Waals surface area contributed by atoms with E-state index in [-0.39, 0.29) is 11.7 Å². The van der Waals surface area contributed by atoms with Gasteiger partial charge in [0.25, 0.3) is 0 Å². The van der Waals surface area contributed by atoms with Crippen LogP contribution < -0.4 is 5.32 Å². The van der Waals surface area contributed by atoms with Crippen LogP contribution in [0.25, 0.3) is 33.1 Å². The van der Waals surface area contributed by atoms with E-state index in [1.165, 1.54) is 0 Å². The largest absolute Gasteiger partial charge is 0.508 e. The molecule has 6 nitrogen and oxygen atoms in total. The molecule has 1 amide bonds. The van der Waals surface area contributed by atoms with Crippen molar-refractivity contribution in [3.05, 3.63) is 72.8 Å². The summed E-state index contributed by atoms with van der Waals surface area (Å²) in [5.74, 6) is 0.0643. The molecular weight excluding hydrogens is 364 g/mol. The van der Waals surface area contributed by atoms with Crippen LogP contribution in [0.15, 0.2) is 72.8 Å². The van der Waals surface area contributed by atoms with E-state index in [0.717, 1.165) is 33.1 Å². The van der Waals surface area contributed by atoms with Crippen molar-refractivity contribution in [2.24, 2.45) is 0 Å². The van der Waals surface area contributed by atoms with E-state index in [1.807, 2.05) is 48.5 Å². The standard InChI is InChI=1S/C23H18N4O2/c28-16-11-9-15(10-12-16)24-21(29)13-14-27-20-8-4-1-5-17(20)22-23(27)26-19-7-3-2-6-18(19)25-22/h1-12,28H,13-14H2,(H,24,29). The van der Waals surface area contributed by atoms with Gasteiger partial charge < -0.3 is 15.0 Å². The van der Waals surface area contributed by atoms with Crippen LogP contribution in [-0.2, 0) is 11.3 Å². The normalized spacial score (nSPS) is 11.3. The summed E-state index contributed by atoms with van der Waals surface area (Å²) >= 11 is 0. The molecule has 0 radical (unpaired) electrons. The van der Waals surface area contributed by atoms with E-state index in [2.05, 4.69) is 9.88 Å². The summed E-state index contributed by atoms with van der Waals surface area (Å²) in [6, 6.07) is 22.3. The molecule has 2 aromatic heterocycles. The van der Waals surface area contributed by atoms with Crippen molar-refractivity contribution in [2.45, 2.75) is 13.0 Å². The van der Waals surface area contributed by atoms with E-state index in [1.54, 1.807) is 24.3 Å². The minimum absolute atomic E-state index is 0.102. The van der Waals surface area contributed by atoms with Gasteiger partial charge in [-0.1, -0.05) is 30.3 Å². The molecule has 0 saturated heterocycles. The van der Waals surface area contributed by atoms with Crippen LogP contribution >= 0.6 is 0 Å². The van der Waals surface area contributed by atoms with Crippen molar-refractivity contribution in [1.29, 1.82) is 0 Å². The number of nitrogens with zero attached hydrogens (tertiary/aromatic N) is 3. The summed E-state index contributed by atoms with van der Waals surface area (Å²) in [5, 5.41) is 13.3. The number of hydrogen-bond acceptors (Lipinski definition) is 4. The van der Waals surface area contributed by atoms with Gasteiger partial charge in [-0.2, -0.15) is 0 Å². The minimum Gasteiger partial charge on any atom is -0.508 e. The lowest BCUT2D eigenvalue weighted by atomic mass is 10.2. The van der Waals surface area contributed by atoms with Gasteiger partial charge in [0.05, 0.1) is 16.6 Å². The molecule has 5 aromatic rings. The molecule has 0 aliphatic rings. The van der Waals surface area contributed by atoms with Gasteiger partial charge in [0, 0.05) is 24.0 Å². The highest BCUT2D eigenvalue weighted by atomic mass is 16.3. The number of rotatable bonds is 4. The number of phenols is 1. The number of aromatic hydroxyl groups is 1. The fourth-order valence-electron chi connectivity index (χ4n) is 3.59. The number of nitrogens with one attached hydrogen (secondary N) is 1. The van der Waals surface area contributed by atoms with Crippen molar-refractivity contribution in [1.82, 2.24) is 14.5 Å². The van der Waals surface area contributed by atoms with E-state index >= 15 is 0 Å². The lowest BCUT2D eigenvalue weighted by molar-refractivity contribution is -0.116. The maximum absolute atomic E-state index is 12.5. The summed E-state index contributed by atoms with van der Waals surface area (Å²) in [6.45, 7) is 0.487. The van der Waals surface area contributed by atoms with E-state index < -0.39 is 0 Å². The number of fused-ring (bicyclic) bond motifs is 4. The van der Waals surface area contributed by atoms with Gasteiger partial charge in [0.1, 0.15) is 11.3 Å². The molecule has 0 aliphatic heterocycles. The number of anilines is 1. The molecule has 0 spiro atoms. The predicted octanol–water partition coefficient (Wildman–Crippen LogP) is 4.47. The van der Waals surface area contributed by atoms with Gasteiger partial charge in [-0.3, -0.25) is 4.79 Å². The van der Waals surface area contributed by atoms with Crippen molar-refractivity contribution >= 4 is 44.7 Å². The Morgan fingerprint density at radius 2 is 1.59 bits per heavy atom. The third-order valence-electron chi connectivity index (χ3n) is 4.97. The third-order valence-corrected chi connectivity index (χ3v) is 4.97. The Morgan fingerprint density at radius 1 is 0.897 bits per heavy atom. The number of amides is 1. The number of aromatic nitrogens is 3. The maximum Gasteiger partial charge on any atom is 0.226 e. The predicted molar refractivity (Wildman–Crippen MR) is 114 cm³/mol. The average molecular weight is 382 g/mol. The Kier molecular flexibility index (Phi) is 4.09. The van der Waals surface area contributed by atoms with Crippen LogP contribution in [0.3, 0.4) is 0 Å². The zero-order valence-corrected chi connectivity index (χ0v) is 15.5. The smallest absolute Gasteiger partial charge is 0.226 e. The van der Waals surface area contributed by atoms with E-state index in [4.69, 9.17) is 9.97 Å². The molecule has 2 N–H and O–H groups in total. The first kappa shape index (κ1) is 17.2. The first-order valence-electron chi connectivity index (χ1n) is 9.42. The zero-order chi connectivity index (χ0) is 19.8. The van der Waals surface area contributed by atoms with Gasteiger partial charge >= 0.3 is 0 Å². The molecule has 0 bridgehead atoms. The Hall–Kier alpha value is -3.93. The molecule has 0 saturated carbocycles. The molecule has 0 unspecified atom stereocenters. The van der Waals surface area contributed by atoms with Crippen molar-refractivity contribution in [2.75, 3.05) is 5.32 Å². The highest BCUT2D eigenvalue weighted by molar-refractivity contribution is 6.06. The number of phenolic OH excluding ortho intramolecular Hbond substituents is 1. The van der Waals surface area contributed by atoms with Gasteiger partial charge in [0.15, 0.2) is 5.65 Å². The Bertz CT molecular complexity index is 1360. The molecule has 2 heterocycles. The van der Waals surface area contributed by atoms with E-state index in [0.29, 0.717) is 18.7 Å². The fourth-order valence-corrected chi connectivity index (χ4v) is 3.59. The minimum atomic E-state index is -0.102. The molecule has 6 heteroatoms. The molecule has 0 aliphatic carbocycles. The van der Waals surface area contributed by atoms with Crippen molar-refractivity contribution in [3.63, 3.8) is 0 Å². The Balaban J connectivity index is 1.50. The quantitative estimate of drug-likeness (QED) is 0.449. The van der Waals surface area contributed by atoms with Crippen LogP contribution in [-0.4, -0.2) is 25.5 Å². The first-order valence-corrected chi connectivity index (χ1v) is 9.42. The number of para-hydroxylation sites is 3. The Labute approximate surface area is 166 Å². The topological polar surface area (TPSA) is 80.0 Å². The van der Waals surface area contributed by atoms with Crippen LogP contribution in [0, 0.1) is 0 Å². The van der Waals surface area contributed by atoms with Crippen LogP contribution in [0.5, 0.6) is 5.75 Å².